The highest BCUT2D eigenvalue weighted by atomic mass is 35.5. The number of rotatable bonds is 8. The van der Waals surface area contributed by atoms with Gasteiger partial charge in [-0.1, -0.05) is 64.8 Å². The lowest BCUT2D eigenvalue weighted by Crippen LogP contribution is -2.15. The summed E-state index contributed by atoms with van der Waals surface area (Å²) in [5, 5.41) is 12.7. The number of para-hydroxylation sites is 1. The van der Waals surface area contributed by atoms with E-state index in [2.05, 4.69) is 22.1 Å². The first-order valence-electron chi connectivity index (χ1n) is 8.69. The average Bonchev–Trinajstić information content (AvgIpc) is 3.11. The van der Waals surface area contributed by atoms with E-state index in [1.54, 1.807) is 13.2 Å². The molecule has 1 amide bonds. The highest BCUT2D eigenvalue weighted by Gasteiger charge is 2.18. The molecule has 0 radical (unpaired) electrons. The zero-order valence-electron chi connectivity index (χ0n) is 15.9. The van der Waals surface area contributed by atoms with Crippen molar-refractivity contribution in [1.82, 2.24) is 14.8 Å². The number of carbonyl (C=O) groups is 1. The van der Waals surface area contributed by atoms with E-state index in [-0.39, 0.29) is 21.7 Å². The number of amides is 1. The zero-order valence-corrected chi connectivity index (χ0v) is 18.9. The number of aromatic nitrogens is 3. The molecule has 156 valence electrons. The van der Waals surface area contributed by atoms with Gasteiger partial charge in [-0.25, -0.2) is 0 Å². The van der Waals surface area contributed by atoms with Crippen LogP contribution in [0.5, 0.6) is 5.75 Å². The van der Waals surface area contributed by atoms with Crippen LogP contribution in [-0.4, -0.2) is 33.5 Å². The van der Waals surface area contributed by atoms with Crippen LogP contribution in [0.25, 0.3) is 11.4 Å². The van der Waals surface area contributed by atoms with Crippen LogP contribution in [-0.2, 0) is 11.3 Å². The van der Waals surface area contributed by atoms with Gasteiger partial charge in [0.1, 0.15) is 5.75 Å². The average molecular weight is 484 g/mol. The number of benzene rings is 2. The molecule has 0 aliphatic carbocycles. The van der Waals surface area contributed by atoms with Crippen LogP contribution < -0.4 is 10.1 Å². The van der Waals surface area contributed by atoms with Gasteiger partial charge in [0.25, 0.3) is 0 Å². The molecule has 1 aromatic heterocycles. The first-order valence-corrected chi connectivity index (χ1v) is 10.8. The maximum absolute atomic E-state index is 12.4. The Morgan fingerprint density at radius 1 is 1.23 bits per heavy atom. The number of nitrogens with zero attached hydrogens (tertiary/aromatic N) is 3. The van der Waals surface area contributed by atoms with Crippen molar-refractivity contribution in [1.29, 1.82) is 0 Å². The van der Waals surface area contributed by atoms with Gasteiger partial charge in [-0.2, -0.15) is 0 Å². The topological polar surface area (TPSA) is 69.0 Å². The Morgan fingerprint density at radius 3 is 2.60 bits per heavy atom. The smallest absolute Gasteiger partial charge is 0.234 e. The monoisotopic (exact) mass is 482 g/mol. The van der Waals surface area contributed by atoms with Crippen molar-refractivity contribution in [2.75, 3.05) is 18.2 Å². The van der Waals surface area contributed by atoms with E-state index in [1.807, 2.05) is 28.8 Å². The molecule has 0 saturated carbocycles. The minimum atomic E-state index is -0.293. The van der Waals surface area contributed by atoms with Crippen LogP contribution in [0.1, 0.15) is 0 Å². The Kier molecular flexibility index (Phi) is 7.66. The second-order valence-electron chi connectivity index (χ2n) is 5.99. The predicted octanol–water partition coefficient (Wildman–Crippen LogP) is 5.83. The molecule has 0 saturated heterocycles. The maximum Gasteiger partial charge on any atom is 0.234 e. The molecule has 3 rings (SSSR count). The van der Waals surface area contributed by atoms with E-state index in [1.165, 1.54) is 23.9 Å². The number of thioether (sulfide) groups is 1. The fourth-order valence-corrected chi connectivity index (χ4v) is 4.34. The van der Waals surface area contributed by atoms with E-state index in [9.17, 15) is 4.79 Å². The Morgan fingerprint density at radius 2 is 1.93 bits per heavy atom. The molecule has 0 aliphatic rings. The number of halogens is 3. The third kappa shape index (κ3) is 5.10. The number of nitrogens with one attached hydrogen (secondary N) is 1. The molecule has 6 nitrogen and oxygen atoms in total. The fourth-order valence-electron chi connectivity index (χ4n) is 2.68. The molecule has 0 fully saturated rings. The third-order valence-electron chi connectivity index (χ3n) is 3.98. The number of methoxy groups -OCH3 is 1. The predicted molar refractivity (Wildman–Crippen MR) is 123 cm³/mol. The van der Waals surface area contributed by atoms with Gasteiger partial charge >= 0.3 is 0 Å². The zero-order chi connectivity index (χ0) is 21.7. The normalized spacial score (nSPS) is 10.7. The van der Waals surface area contributed by atoms with Crippen LogP contribution in [0, 0.1) is 0 Å². The first-order chi connectivity index (χ1) is 14.4. The number of hydrogen-bond acceptors (Lipinski definition) is 5. The van der Waals surface area contributed by atoms with Crippen molar-refractivity contribution in [3.05, 3.63) is 64.1 Å². The van der Waals surface area contributed by atoms with Gasteiger partial charge in [-0.05, 0) is 24.3 Å². The second kappa shape index (κ2) is 10.2. The minimum Gasteiger partial charge on any atom is -0.496 e. The van der Waals surface area contributed by atoms with Crippen molar-refractivity contribution >= 4 is 58.2 Å². The Balaban J connectivity index is 1.78. The molecule has 0 spiro atoms. The van der Waals surface area contributed by atoms with E-state index in [4.69, 9.17) is 39.5 Å². The summed E-state index contributed by atoms with van der Waals surface area (Å²) in [7, 11) is 1.60. The van der Waals surface area contributed by atoms with Gasteiger partial charge in [0.15, 0.2) is 11.0 Å². The lowest BCUT2D eigenvalue weighted by atomic mass is 10.2. The lowest BCUT2D eigenvalue weighted by Gasteiger charge is -2.11. The van der Waals surface area contributed by atoms with Gasteiger partial charge in [0.05, 0.1) is 34.2 Å². The molecule has 1 heterocycles. The van der Waals surface area contributed by atoms with Crippen LogP contribution in [0.2, 0.25) is 15.1 Å². The SMILES string of the molecule is C=CCn1c(SCC(=O)Nc2c(Cl)cc(Cl)cc2Cl)nnc1-c1ccccc1OC. The first kappa shape index (κ1) is 22.5. The lowest BCUT2D eigenvalue weighted by molar-refractivity contribution is -0.113. The Bertz CT molecular complexity index is 1060. The summed E-state index contributed by atoms with van der Waals surface area (Å²) in [6.45, 7) is 4.27. The highest BCUT2D eigenvalue weighted by Crippen LogP contribution is 2.34. The molecule has 3 aromatic rings. The van der Waals surface area contributed by atoms with Crippen LogP contribution >= 0.6 is 46.6 Å². The van der Waals surface area contributed by atoms with Crippen molar-refractivity contribution < 1.29 is 9.53 Å². The maximum atomic E-state index is 12.4. The molecular formula is C20H17Cl3N4O2S. The molecule has 0 bridgehead atoms. The summed E-state index contributed by atoms with van der Waals surface area (Å²) in [6.07, 6.45) is 1.74. The Hall–Kier alpha value is -2.19. The van der Waals surface area contributed by atoms with Crippen LogP contribution in [0.15, 0.2) is 54.2 Å². The van der Waals surface area contributed by atoms with E-state index in [0.29, 0.717) is 34.0 Å². The Labute approximate surface area is 193 Å². The van der Waals surface area contributed by atoms with Gasteiger partial charge in [0, 0.05) is 11.6 Å². The second-order valence-corrected chi connectivity index (χ2v) is 8.18. The summed E-state index contributed by atoms with van der Waals surface area (Å²) < 4.78 is 7.29. The fraction of sp³-hybridized carbons (Fsp3) is 0.150. The number of anilines is 1. The van der Waals surface area contributed by atoms with E-state index < -0.39 is 0 Å². The minimum absolute atomic E-state index is 0.0798. The molecule has 2 aromatic carbocycles. The third-order valence-corrected chi connectivity index (χ3v) is 5.76. The molecule has 1 N–H and O–H groups in total. The van der Waals surface area contributed by atoms with Crippen LogP contribution in [0.4, 0.5) is 5.69 Å². The quantitative estimate of drug-likeness (QED) is 0.322. The number of hydrogen-bond donors (Lipinski definition) is 1. The number of carbonyl (C=O) groups excluding carboxylic acids is 1. The van der Waals surface area contributed by atoms with Crippen molar-refractivity contribution in [2.24, 2.45) is 0 Å². The highest BCUT2D eigenvalue weighted by molar-refractivity contribution is 7.99. The van der Waals surface area contributed by atoms with Gasteiger partial charge < -0.3 is 10.1 Å². The molecule has 10 heteroatoms. The summed E-state index contributed by atoms with van der Waals surface area (Å²) >= 11 is 19.4. The van der Waals surface area contributed by atoms with Crippen molar-refractivity contribution in [3.8, 4) is 17.1 Å². The summed E-state index contributed by atoms with van der Waals surface area (Å²) in [6, 6.07) is 10.5. The molecule has 30 heavy (non-hydrogen) atoms. The molecular weight excluding hydrogens is 467 g/mol. The van der Waals surface area contributed by atoms with Gasteiger partial charge in [-0.15, -0.1) is 16.8 Å². The van der Waals surface area contributed by atoms with E-state index >= 15 is 0 Å². The molecule has 0 unspecified atom stereocenters. The summed E-state index contributed by atoms with van der Waals surface area (Å²) in [5.74, 6) is 1.09. The summed E-state index contributed by atoms with van der Waals surface area (Å²) in [4.78, 5) is 12.4. The number of allylic oxidation sites excluding steroid dienone is 1. The number of ether oxygens (including phenoxy) is 1. The molecule has 0 aliphatic heterocycles. The molecule has 0 atom stereocenters. The largest absolute Gasteiger partial charge is 0.496 e. The summed E-state index contributed by atoms with van der Waals surface area (Å²) in [5.41, 5.74) is 1.11. The van der Waals surface area contributed by atoms with Crippen molar-refractivity contribution in [3.63, 3.8) is 0 Å². The van der Waals surface area contributed by atoms with E-state index in [0.717, 1.165) is 5.56 Å². The van der Waals surface area contributed by atoms with Gasteiger partial charge in [0.2, 0.25) is 5.91 Å². The van der Waals surface area contributed by atoms with Crippen LogP contribution in [0.3, 0.4) is 0 Å². The standard InChI is InChI=1S/C20H17Cl3N4O2S/c1-3-8-27-19(13-6-4-5-7-16(13)29-2)25-26-20(27)30-11-17(28)24-18-14(22)9-12(21)10-15(18)23/h3-7,9-10H,1,8,11H2,2H3,(H,24,28). The van der Waals surface area contributed by atoms with Crippen molar-refractivity contribution in [2.45, 2.75) is 11.7 Å². The van der Waals surface area contributed by atoms with Gasteiger partial charge in [-0.3, -0.25) is 9.36 Å².